The van der Waals surface area contributed by atoms with Crippen molar-refractivity contribution >= 4 is 12.2 Å². The van der Waals surface area contributed by atoms with E-state index in [1.54, 1.807) is 24.3 Å². The van der Waals surface area contributed by atoms with Crippen molar-refractivity contribution in [2.75, 3.05) is 6.54 Å². The van der Waals surface area contributed by atoms with E-state index in [4.69, 9.17) is 4.74 Å². The second-order valence-electron chi connectivity index (χ2n) is 4.96. The number of aldehydes is 1. The molecule has 0 bridgehead atoms. The Kier molecular flexibility index (Phi) is 7.40. The maximum absolute atomic E-state index is 11.9. The molecule has 0 aromatic heterocycles. The van der Waals surface area contributed by atoms with Crippen LogP contribution in [0, 0.1) is 0 Å². The minimum atomic E-state index is -0.0727. The molecule has 0 radical (unpaired) electrons. The maximum atomic E-state index is 11.9. The Balaban J connectivity index is 2.30. The maximum Gasteiger partial charge on any atom is 0.251 e. The van der Waals surface area contributed by atoms with E-state index in [0.717, 1.165) is 31.3 Å². The van der Waals surface area contributed by atoms with E-state index in [9.17, 15) is 9.59 Å². The zero-order valence-electron chi connectivity index (χ0n) is 12.2. The van der Waals surface area contributed by atoms with E-state index >= 15 is 0 Å². The molecule has 4 nitrogen and oxygen atoms in total. The van der Waals surface area contributed by atoms with Crippen LogP contribution in [0.2, 0.25) is 0 Å². The van der Waals surface area contributed by atoms with Crippen LogP contribution in [-0.2, 0) is 4.79 Å². The third-order valence-electron chi connectivity index (χ3n) is 2.77. The number of hydrogen-bond acceptors (Lipinski definition) is 3. The Morgan fingerprint density at radius 1 is 1.20 bits per heavy atom. The van der Waals surface area contributed by atoms with Crippen molar-refractivity contribution in [3.05, 3.63) is 29.8 Å². The average Bonchev–Trinajstić information content (AvgIpc) is 2.42. The van der Waals surface area contributed by atoms with Gasteiger partial charge in [0.15, 0.2) is 0 Å². The number of amides is 1. The van der Waals surface area contributed by atoms with Crippen LogP contribution < -0.4 is 10.1 Å². The predicted molar refractivity (Wildman–Crippen MR) is 79.1 cm³/mol. The third kappa shape index (κ3) is 6.36. The Morgan fingerprint density at radius 2 is 1.90 bits per heavy atom. The fourth-order valence-corrected chi connectivity index (χ4v) is 1.79. The van der Waals surface area contributed by atoms with Crippen LogP contribution in [0.25, 0.3) is 0 Å². The Labute approximate surface area is 120 Å². The van der Waals surface area contributed by atoms with Crippen LogP contribution in [0.15, 0.2) is 24.3 Å². The van der Waals surface area contributed by atoms with Crippen molar-refractivity contribution in [3.8, 4) is 5.75 Å². The molecule has 0 saturated heterocycles. The molecule has 1 N–H and O–H groups in total. The Hall–Kier alpha value is -1.84. The first-order valence-electron chi connectivity index (χ1n) is 7.12. The van der Waals surface area contributed by atoms with Crippen molar-refractivity contribution in [2.24, 2.45) is 0 Å². The number of unbranched alkanes of at least 4 members (excludes halogenated alkanes) is 3. The van der Waals surface area contributed by atoms with Gasteiger partial charge in [-0.05, 0) is 51.0 Å². The van der Waals surface area contributed by atoms with Crippen LogP contribution >= 0.6 is 0 Å². The minimum Gasteiger partial charge on any atom is -0.491 e. The van der Waals surface area contributed by atoms with Crippen molar-refractivity contribution in [1.29, 1.82) is 0 Å². The normalized spacial score (nSPS) is 10.3. The molecule has 0 aliphatic heterocycles. The fraction of sp³-hybridized carbons (Fsp3) is 0.500. The highest BCUT2D eigenvalue weighted by atomic mass is 16.5. The summed E-state index contributed by atoms with van der Waals surface area (Å²) in [5.74, 6) is 0.696. The molecule has 0 unspecified atom stereocenters. The third-order valence-corrected chi connectivity index (χ3v) is 2.77. The van der Waals surface area contributed by atoms with E-state index in [1.807, 2.05) is 13.8 Å². The average molecular weight is 277 g/mol. The van der Waals surface area contributed by atoms with Gasteiger partial charge in [-0.15, -0.1) is 0 Å². The lowest BCUT2D eigenvalue weighted by Gasteiger charge is -2.10. The van der Waals surface area contributed by atoms with Crippen molar-refractivity contribution in [1.82, 2.24) is 5.32 Å². The summed E-state index contributed by atoms with van der Waals surface area (Å²) in [6, 6.07) is 7.14. The number of ether oxygens (including phenoxy) is 1. The second-order valence-corrected chi connectivity index (χ2v) is 4.96. The number of carbonyl (C=O) groups excluding carboxylic acids is 2. The standard InChI is InChI=1S/C16H23NO3/c1-13(2)20-15-9-7-14(8-10-15)16(19)17-11-5-3-4-6-12-18/h7-10,12-13H,3-6,11H2,1-2H3,(H,17,19). The quantitative estimate of drug-likeness (QED) is 0.557. The largest absolute Gasteiger partial charge is 0.491 e. The molecule has 1 rings (SSSR count). The van der Waals surface area contributed by atoms with Crippen LogP contribution in [0.4, 0.5) is 0 Å². The summed E-state index contributed by atoms with van der Waals surface area (Å²) in [5, 5.41) is 2.87. The monoisotopic (exact) mass is 277 g/mol. The number of rotatable bonds is 9. The molecule has 0 heterocycles. The number of nitrogens with one attached hydrogen (secondary N) is 1. The van der Waals surface area contributed by atoms with Gasteiger partial charge >= 0.3 is 0 Å². The van der Waals surface area contributed by atoms with E-state index < -0.39 is 0 Å². The Morgan fingerprint density at radius 3 is 2.50 bits per heavy atom. The molecule has 0 fully saturated rings. The molecular formula is C16H23NO3. The van der Waals surface area contributed by atoms with E-state index in [0.29, 0.717) is 18.5 Å². The lowest BCUT2D eigenvalue weighted by molar-refractivity contribution is -0.107. The minimum absolute atomic E-state index is 0.0727. The molecule has 110 valence electrons. The molecule has 0 saturated carbocycles. The highest BCUT2D eigenvalue weighted by molar-refractivity contribution is 5.94. The Bertz CT molecular complexity index is 412. The van der Waals surface area contributed by atoms with Gasteiger partial charge in [0.25, 0.3) is 5.91 Å². The molecule has 0 atom stereocenters. The molecule has 20 heavy (non-hydrogen) atoms. The van der Waals surface area contributed by atoms with Gasteiger partial charge in [0, 0.05) is 18.5 Å². The summed E-state index contributed by atoms with van der Waals surface area (Å²) in [7, 11) is 0. The first kappa shape index (κ1) is 16.2. The molecule has 4 heteroatoms. The summed E-state index contributed by atoms with van der Waals surface area (Å²) in [4.78, 5) is 22.0. The molecule has 0 spiro atoms. The second kappa shape index (κ2) is 9.13. The van der Waals surface area contributed by atoms with Gasteiger partial charge in [-0.25, -0.2) is 0 Å². The molecule has 0 aliphatic rings. The molecule has 1 aromatic carbocycles. The molecule has 1 aromatic rings. The zero-order chi connectivity index (χ0) is 14.8. The predicted octanol–water partition coefficient (Wildman–Crippen LogP) is 2.96. The van der Waals surface area contributed by atoms with E-state index in [-0.39, 0.29) is 12.0 Å². The van der Waals surface area contributed by atoms with Gasteiger partial charge in [-0.2, -0.15) is 0 Å². The summed E-state index contributed by atoms with van der Waals surface area (Å²) >= 11 is 0. The number of benzene rings is 1. The van der Waals surface area contributed by atoms with Gasteiger partial charge in [0.1, 0.15) is 12.0 Å². The summed E-state index contributed by atoms with van der Waals surface area (Å²) in [6.45, 7) is 4.57. The van der Waals surface area contributed by atoms with Gasteiger partial charge in [-0.1, -0.05) is 6.42 Å². The van der Waals surface area contributed by atoms with Crippen LogP contribution in [-0.4, -0.2) is 24.8 Å². The lowest BCUT2D eigenvalue weighted by Crippen LogP contribution is -2.24. The highest BCUT2D eigenvalue weighted by Gasteiger charge is 2.05. The number of carbonyl (C=O) groups is 2. The topological polar surface area (TPSA) is 55.4 Å². The first-order valence-corrected chi connectivity index (χ1v) is 7.12. The lowest BCUT2D eigenvalue weighted by atomic mass is 10.2. The zero-order valence-corrected chi connectivity index (χ0v) is 12.2. The van der Waals surface area contributed by atoms with Crippen LogP contribution in [0.1, 0.15) is 49.9 Å². The molecule has 0 aliphatic carbocycles. The summed E-state index contributed by atoms with van der Waals surface area (Å²) < 4.78 is 5.52. The van der Waals surface area contributed by atoms with Gasteiger partial charge < -0.3 is 14.8 Å². The smallest absolute Gasteiger partial charge is 0.251 e. The first-order chi connectivity index (χ1) is 9.63. The molecule has 1 amide bonds. The van der Waals surface area contributed by atoms with Crippen LogP contribution in [0.5, 0.6) is 5.75 Å². The molecular weight excluding hydrogens is 254 g/mol. The van der Waals surface area contributed by atoms with Crippen molar-refractivity contribution < 1.29 is 14.3 Å². The van der Waals surface area contributed by atoms with Gasteiger partial charge in [0.2, 0.25) is 0 Å². The van der Waals surface area contributed by atoms with Gasteiger partial charge in [-0.3, -0.25) is 4.79 Å². The van der Waals surface area contributed by atoms with E-state index in [2.05, 4.69) is 5.32 Å². The fourth-order valence-electron chi connectivity index (χ4n) is 1.79. The van der Waals surface area contributed by atoms with E-state index in [1.165, 1.54) is 0 Å². The highest BCUT2D eigenvalue weighted by Crippen LogP contribution is 2.13. The summed E-state index contributed by atoms with van der Waals surface area (Å²) in [6.07, 6.45) is 4.40. The van der Waals surface area contributed by atoms with Crippen LogP contribution in [0.3, 0.4) is 0 Å². The van der Waals surface area contributed by atoms with Crippen molar-refractivity contribution in [2.45, 2.75) is 45.6 Å². The van der Waals surface area contributed by atoms with Gasteiger partial charge in [0.05, 0.1) is 6.10 Å². The SMILES string of the molecule is CC(C)Oc1ccc(C(=O)NCCCCCC=O)cc1. The summed E-state index contributed by atoms with van der Waals surface area (Å²) in [5.41, 5.74) is 0.633. The number of hydrogen-bond donors (Lipinski definition) is 1. The van der Waals surface area contributed by atoms with Crippen molar-refractivity contribution in [3.63, 3.8) is 0 Å².